The summed E-state index contributed by atoms with van der Waals surface area (Å²) in [5.74, 6) is -0.156. The van der Waals surface area contributed by atoms with Gasteiger partial charge in [0.15, 0.2) is 0 Å². The van der Waals surface area contributed by atoms with Gasteiger partial charge >= 0.3 is 0 Å². The number of nitrogens with one attached hydrogen (secondary N) is 2. The summed E-state index contributed by atoms with van der Waals surface area (Å²) in [6, 6.07) is 10.8. The number of carbonyl (C=O) groups excluding carboxylic acids is 1. The van der Waals surface area contributed by atoms with Crippen LogP contribution < -0.4 is 10.9 Å². The smallest absolute Gasteiger partial charge is 0.242 e. The molecular formula is C14H12Cl2N2OS. The first kappa shape index (κ1) is 14.9. The van der Waals surface area contributed by atoms with Crippen LogP contribution in [-0.4, -0.2) is 5.91 Å². The van der Waals surface area contributed by atoms with Gasteiger partial charge < -0.3 is 0 Å². The van der Waals surface area contributed by atoms with Crippen LogP contribution in [0.4, 0.5) is 0 Å². The number of rotatable bonds is 5. The van der Waals surface area contributed by atoms with Crippen molar-refractivity contribution in [3.8, 4) is 0 Å². The molecule has 0 radical (unpaired) electrons. The van der Waals surface area contributed by atoms with E-state index in [0.29, 0.717) is 15.1 Å². The van der Waals surface area contributed by atoms with Gasteiger partial charge in [-0.15, -0.1) is 11.3 Å². The lowest BCUT2D eigenvalue weighted by molar-refractivity contribution is -0.121. The van der Waals surface area contributed by atoms with Crippen molar-refractivity contribution in [2.75, 3.05) is 0 Å². The molecule has 0 saturated carbocycles. The lowest BCUT2D eigenvalue weighted by Crippen LogP contribution is -2.36. The summed E-state index contributed by atoms with van der Waals surface area (Å²) in [6.07, 6.45) is 0.267. The van der Waals surface area contributed by atoms with Crippen molar-refractivity contribution in [2.45, 2.75) is 6.42 Å². The molecule has 0 bridgehead atoms. The van der Waals surface area contributed by atoms with E-state index < -0.39 is 0 Å². The van der Waals surface area contributed by atoms with Crippen LogP contribution in [0.3, 0.4) is 0 Å². The minimum Gasteiger partial charge on any atom is -0.298 e. The van der Waals surface area contributed by atoms with E-state index in [1.54, 1.807) is 18.2 Å². The second kappa shape index (κ2) is 6.79. The van der Waals surface area contributed by atoms with Gasteiger partial charge in [0.2, 0.25) is 5.91 Å². The van der Waals surface area contributed by atoms with Gasteiger partial charge in [0, 0.05) is 5.02 Å². The van der Waals surface area contributed by atoms with Gasteiger partial charge in [-0.05, 0) is 29.8 Å². The Hall–Kier alpha value is -1.49. The average molecular weight is 327 g/mol. The van der Waals surface area contributed by atoms with Crippen LogP contribution in [0.5, 0.6) is 0 Å². The summed E-state index contributed by atoms with van der Waals surface area (Å²) in [6.45, 7) is 3.84. The fraction of sp³-hybridized carbons (Fsp3) is 0.0714. The quantitative estimate of drug-likeness (QED) is 0.818. The van der Waals surface area contributed by atoms with Crippen LogP contribution >= 0.6 is 34.5 Å². The summed E-state index contributed by atoms with van der Waals surface area (Å²) in [5.41, 5.74) is 6.86. The average Bonchev–Trinajstić information content (AvgIpc) is 2.85. The summed E-state index contributed by atoms with van der Waals surface area (Å²) >= 11 is 13.0. The van der Waals surface area contributed by atoms with E-state index in [0.717, 1.165) is 10.4 Å². The molecule has 0 aliphatic heterocycles. The molecule has 0 spiro atoms. The normalized spacial score (nSPS) is 10.1. The van der Waals surface area contributed by atoms with Crippen molar-refractivity contribution in [3.05, 3.63) is 62.8 Å². The first-order chi connectivity index (χ1) is 9.54. The standard InChI is InChI=1S/C14H12Cl2N2OS/c1-9(12-6-7-13(16)20-12)17-18-14(19)8-10-2-4-11(15)5-3-10/h2-7,17H,1,8H2,(H,18,19). The number of hydrogen-bond donors (Lipinski definition) is 2. The fourth-order valence-corrected chi connectivity index (χ4v) is 2.61. The molecule has 0 unspecified atom stereocenters. The predicted molar refractivity (Wildman–Crippen MR) is 84.8 cm³/mol. The maximum atomic E-state index is 11.8. The summed E-state index contributed by atoms with van der Waals surface area (Å²) in [5, 5.41) is 0.648. The minimum absolute atomic E-state index is 0.156. The number of hydrogen-bond acceptors (Lipinski definition) is 3. The van der Waals surface area contributed by atoms with Crippen LogP contribution in [0.2, 0.25) is 9.36 Å². The van der Waals surface area contributed by atoms with E-state index >= 15 is 0 Å². The molecule has 0 aliphatic carbocycles. The van der Waals surface area contributed by atoms with Crippen LogP contribution in [0.25, 0.3) is 5.70 Å². The second-order valence-electron chi connectivity index (χ2n) is 4.06. The van der Waals surface area contributed by atoms with E-state index in [4.69, 9.17) is 23.2 Å². The Kier molecular flexibility index (Phi) is 5.06. The molecule has 0 atom stereocenters. The topological polar surface area (TPSA) is 41.1 Å². The van der Waals surface area contributed by atoms with Gasteiger partial charge in [0.1, 0.15) is 0 Å². The van der Waals surface area contributed by atoms with Gasteiger partial charge in [-0.2, -0.15) is 0 Å². The molecule has 6 heteroatoms. The van der Waals surface area contributed by atoms with E-state index in [9.17, 15) is 4.79 Å². The van der Waals surface area contributed by atoms with Gasteiger partial charge in [-0.3, -0.25) is 15.6 Å². The van der Waals surface area contributed by atoms with Crippen molar-refractivity contribution in [2.24, 2.45) is 0 Å². The van der Waals surface area contributed by atoms with Crippen LogP contribution in [0.1, 0.15) is 10.4 Å². The van der Waals surface area contributed by atoms with Crippen molar-refractivity contribution in [3.63, 3.8) is 0 Å². The number of benzene rings is 1. The number of amides is 1. The molecule has 0 saturated heterocycles. The fourth-order valence-electron chi connectivity index (χ4n) is 1.52. The molecular weight excluding hydrogens is 315 g/mol. The third-order valence-electron chi connectivity index (χ3n) is 2.50. The number of carbonyl (C=O) groups is 1. The number of halogens is 2. The van der Waals surface area contributed by atoms with E-state index in [1.807, 2.05) is 18.2 Å². The van der Waals surface area contributed by atoms with Crippen molar-refractivity contribution in [1.29, 1.82) is 0 Å². The monoisotopic (exact) mass is 326 g/mol. The minimum atomic E-state index is -0.156. The highest BCUT2D eigenvalue weighted by molar-refractivity contribution is 7.17. The lowest BCUT2D eigenvalue weighted by Gasteiger charge is -2.09. The predicted octanol–water partition coefficient (Wildman–Crippen LogP) is 3.89. The van der Waals surface area contributed by atoms with Crippen molar-refractivity contribution in [1.82, 2.24) is 10.9 Å². The molecule has 1 aromatic carbocycles. The van der Waals surface area contributed by atoms with Gasteiger partial charge in [-0.25, -0.2) is 0 Å². The lowest BCUT2D eigenvalue weighted by atomic mass is 10.1. The third kappa shape index (κ3) is 4.27. The molecule has 3 nitrogen and oxygen atoms in total. The number of hydrazine groups is 1. The first-order valence-electron chi connectivity index (χ1n) is 5.78. The highest BCUT2D eigenvalue weighted by atomic mass is 35.5. The highest BCUT2D eigenvalue weighted by Crippen LogP contribution is 2.25. The SMILES string of the molecule is C=C(NNC(=O)Cc1ccc(Cl)cc1)c1ccc(Cl)s1. The molecule has 20 heavy (non-hydrogen) atoms. The van der Waals surface area contributed by atoms with Gasteiger partial charge in [-0.1, -0.05) is 41.9 Å². The molecule has 0 aliphatic rings. The summed E-state index contributed by atoms with van der Waals surface area (Å²) in [7, 11) is 0. The first-order valence-corrected chi connectivity index (χ1v) is 7.36. The van der Waals surface area contributed by atoms with Crippen molar-refractivity contribution >= 4 is 46.1 Å². The highest BCUT2D eigenvalue weighted by Gasteiger charge is 2.06. The van der Waals surface area contributed by atoms with E-state index in [2.05, 4.69) is 17.4 Å². The molecule has 2 rings (SSSR count). The third-order valence-corrected chi connectivity index (χ3v) is 4.04. The van der Waals surface area contributed by atoms with E-state index in [1.165, 1.54) is 11.3 Å². The van der Waals surface area contributed by atoms with Gasteiger partial charge in [0.25, 0.3) is 0 Å². The number of thiophene rings is 1. The zero-order valence-electron chi connectivity index (χ0n) is 10.5. The Morgan fingerprint density at radius 1 is 1.10 bits per heavy atom. The molecule has 1 heterocycles. The van der Waals surface area contributed by atoms with Crippen LogP contribution in [0.15, 0.2) is 43.0 Å². The Morgan fingerprint density at radius 2 is 1.80 bits per heavy atom. The Morgan fingerprint density at radius 3 is 2.40 bits per heavy atom. The summed E-state index contributed by atoms with van der Waals surface area (Å²) in [4.78, 5) is 12.6. The van der Waals surface area contributed by atoms with Crippen LogP contribution in [-0.2, 0) is 11.2 Å². The molecule has 1 amide bonds. The van der Waals surface area contributed by atoms with Crippen molar-refractivity contribution < 1.29 is 4.79 Å². The molecule has 1 aromatic heterocycles. The van der Waals surface area contributed by atoms with Gasteiger partial charge in [0.05, 0.1) is 21.3 Å². The largest absolute Gasteiger partial charge is 0.298 e. The summed E-state index contributed by atoms with van der Waals surface area (Å²) < 4.78 is 0.676. The second-order valence-corrected chi connectivity index (χ2v) is 6.21. The maximum Gasteiger partial charge on any atom is 0.242 e. The van der Waals surface area contributed by atoms with Crippen LogP contribution in [0, 0.1) is 0 Å². The zero-order valence-corrected chi connectivity index (χ0v) is 12.8. The zero-order chi connectivity index (χ0) is 14.5. The molecule has 2 aromatic rings. The maximum absolute atomic E-state index is 11.8. The molecule has 104 valence electrons. The molecule has 0 fully saturated rings. The Bertz CT molecular complexity index is 622. The Labute approximate surface area is 131 Å². The molecule has 2 N–H and O–H groups in total. The Balaban J connectivity index is 1.83. The van der Waals surface area contributed by atoms with E-state index in [-0.39, 0.29) is 12.3 Å².